The molecule has 1 atom stereocenters. The lowest BCUT2D eigenvalue weighted by molar-refractivity contribution is -0.144. The predicted octanol–water partition coefficient (Wildman–Crippen LogP) is -0.0556. The zero-order chi connectivity index (χ0) is 12.8. The molecule has 0 aliphatic heterocycles. The van der Waals surface area contributed by atoms with Crippen molar-refractivity contribution in [1.82, 2.24) is 9.97 Å². The minimum atomic E-state index is -1.52. The van der Waals surface area contributed by atoms with Gasteiger partial charge in [-0.3, -0.25) is 9.59 Å². The van der Waals surface area contributed by atoms with Crippen LogP contribution in [-0.2, 0) is 9.53 Å². The fourth-order valence-corrected chi connectivity index (χ4v) is 1.10. The van der Waals surface area contributed by atoms with E-state index in [9.17, 15) is 9.59 Å². The third-order valence-electron chi connectivity index (χ3n) is 1.84. The third kappa shape index (κ3) is 2.98. The maximum atomic E-state index is 11.8. The summed E-state index contributed by atoms with van der Waals surface area (Å²) in [6.07, 6.45) is 1.27. The highest BCUT2D eigenvalue weighted by Gasteiger charge is 2.29. The first kappa shape index (κ1) is 12.6. The summed E-state index contributed by atoms with van der Waals surface area (Å²) in [7, 11) is 0. The number of esters is 1. The van der Waals surface area contributed by atoms with Gasteiger partial charge in [-0.15, -0.1) is 0 Å². The second-order valence-corrected chi connectivity index (χ2v) is 2.98. The number of ketones is 1. The summed E-state index contributed by atoms with van der Waals surface area (Å²) >= 11 is 0. The fourth-order valence-electron chi connectivity index (χ4n) is 1.10. The number of carbonyl (C=O) groups is 2. The summed E-state index contributed by atoms with van der Waals surface area (Å²) in [5, 5.41) is 8.78. The van der Waals surface area contributed by atoms with Crippen molar-refractivity contribution in [2.75, 3.05) is 12.3 Å². The number of ether oxygens (including phenoxy) is 1. The molecule has 1 aromatic rings. The van der Waals surface area contributed by atoms with Crippen LogP contribution in [0.2, 0.25) is 0 Å². The maximum Gasteiger partial charge on any atom is 0.331 e. The molecule has 0 saturated carbocycles. The summed E-state index contributed by atoms with van der Waals surface area (Å²) in [4.78, 5) is 30.4. The second-order valence-electron chi connectivity index (χ2n) is 2.98. The zero-order valence-corrected chi connectivity index (χ0v) is 9.08. The molecule has 17 heavy (non-hydrogen) atoms. The van der Waals surface area contributed by atoms with E-state index in [0.29, 0.717) is 0 Å². The van der Waals surface area contributed by atoms with Crippen molar-refractivity contribution in [2.24, 2.45) is 5.92 Å². The number of hydrogen-bond donors (Lipinski definition) is 1. The van der Waals surface area contributed by atoms with Crippen LogP contribution < -0.4 is 5.73 Å². The van der Waals surface area contributed by atoms with E-state index in [1.54, 1.807) is 13.0 Å². The van der Waals surface area contributed by atoms with Crippen molar-refractivity contribution in [3.8, 4) is 6.07 Å². The van der Waals surface area contributed by atoms with Crippen LogP contribution in [0.15, 0.2) is 12.3 Å². The first-order valence-electron chi connectivity index (χ1n) is 4.79. The highest BCUT2D eigenvalue weighted by atomic mass is 16.5. The number of anilines is 1. The van der Waals surface area contributed by atoms with E-state index in [0.717, 1.165) is 0 Å². The normalized spacial score (nSPS) is 11.3. The topological polar surface area (TPSA) is 119 Å². The van der Waals surface area contributed by atoms with E-state index < -0.39 is 17.7 Å². The number of rotatable bonds is 4. The van der Waals surface area contributed by atoms with Gasteiger partial charge >= 0.3 is 5.97 Å². The van der Waals surface area contributed by atoms with Gasteiger partial charge in [0.25, 0.3) is 0 Å². The van der Waals surface area contributed by atoms with Gasteiger partial charge in [0.2, 0.25) is 17.6 Å². The molecule has 0 saturated heterocycles. The van der Waals surface area contributed by atoms with Gasteiger partial charge in [-0.1, -0.05) is 0 Å². The Kier molecular flexibility index (Phi) is 4.11. The molecule has 1 rings (SSSR count). The van der Waals surface area contributed by atoms with E-state index in [-0.39, 0.29) is 18.2 Å². The molecule has 0 aromatic carbocycles. The molecular formula is C10H10N4O3. The van der Waals surface area contributed by atoms with Crippen molar-refractivity contribution in [1.29, 1.82) is 5.26 Å². The molecule has 0 radical (unpaired) electrons. The van der Waals surface area contributed by atoms with Gasteiger partial charge in [0, 0.05) is 6.20 Å². The minimum absolute atomic E-state index is 0.0860. The van der Waals surface area contributed by atoms with Crippen LogP contribution >= 0.6 is 0 Å². The Morgan fingerprint density at radius 1 is 1.65 bits per heavy atom. The van der Waals surface area contributed by atoms with Crippen LogP contribution in [0.3, 0.4) is 0 Å². The lowest BCUT2D eigenvalue weighted by Gasteiger charge is -2.06. The van der Waals surface area contributed by atoms with Crippen LogP contribution in [0, 0.1) is 17.2 Å². The van der Waals surface area contributed by atoms with E-state index in [2.05, 4.69) is 14.7 Å². The van der Waals surface area contributed by atoms with Crippen molar-refractivity contribution in [3.05, 3.63) is 18.0 Å². The Labute approximate surface area is 97.2 Å². The molecule has 7 heteroatoms. The van der Waals surface area contributed by atoms with Gasteiger partial charge in [-0.25, -0.2) is 9.97 Å². The highest BCUT2D eigenvalue weighted by Crippen LogP contribution is 2.08. The molecule has 1 aromatic heterocycles. The first-order valence-corrected chi connectivity index (χ1v) is 4.79. The van der Waals surface area contributed by atoms with Crippen LogP contribution in [0.5, 0.6) is 0 Å². The van der Waals surface area contributed by atoms with Crippen LogP contribution in [0.1, 0.15) is 17.4 Å². The Balaban J connectivity index is 2.95. The molecule has 1 heterocycles. The molecule has 0 amide bonds. The van der Waals surface area contributed by atoms with Gasteiger partial charge < -0.3 is 10.5 Å². The van der Waals surface area contributed by atoms with Crippen molar-refractivity contribution < 1.29 is 14.3 Å². The molecule has 0 aliphatic carbocycles. The molecule has 0 spiro atoms. The molecular weight excluding hydrogens is 224 g/mol. The Morgan fingerprint density at radius 3 is 2.88 bits per heavy atom. The first-order chi connectivity index (χ1) is 8.10. The molecule has 0 aliphatic rings. The average molecular weight is 234 g/mol. The van der Waals surface area contributed by atoms with E-state index >= 15 is 0 Å². The number of nitrogens with two attached hydrogens (primary N) is 1. The van der Waals surface area contributed by atoms with Gasteiger partial charge in [0.05, 0.1) is 12.7 Å². The number of nitriles is 1. The molecule has 1 unspecified atom stereocenters. The average Bonchev–Trinajstić information content (AvgIpc) is 2.30. The van der Waals surface area contributed by atoms with E-state index in [1.165, 1.54) is 12.3 Å². The lowest BCUT2D eigenvalue weighted by atomic mass is 10.0. The quantitative estimate of drug-likeness (QED) is 0.440. The highest BCUT2D eigenvalue weighted by molar-refractivity contribution is 6.09. The molecule has 88 valence electrons. The van der Waals surface area contributed by atoms with Gasteiger partial charge in [-0.2, -0.15) is 5.26 Å². The number of Topliss-reactive ketones (excluding diaryl/α,β-unsaturated/α-hetero) is 1. The summed E-state index contributed by atoms with van der Waals surface area (Å²) < 4.78 is 4.61. The largest absolute Gasteiger partial charge is 0.465 e. The Morgan fingerprint density at radius 2 is 2.35 bits per heavy atom. The van der Waals surface area contributed by atoms with E-state index in [4.69, 9.17) is 11.0 Å². The standard InChI is InChI=1S/C10H10N4O3/c1-2-17-9(16)6(5-11)8(15)7-3-4-13-10(12)14-7/h3-4,6H,2H2,1H3,(H2,12,13,14). The van der Waals surface area contributed by atoms with E-state index in [1.807, 2.05) is 0 Å². The number of aromatic nitrogens is 2. The number of nitrogen functional groups attached to an aromatic ring is 1. The van der Waals surface area contributed by atoms with Crippen LogP contribution in [-0.4, -0.2) is 28.3 Å². The lowest BCUT2D eigenvalue weighted by Crippen LogP contribution is -2.26. The number of nitrogens with zero attached hydrogens (tertiary/aromatic N) is 3. The fraction of sp³-hybridized carbons (Fsp3) is 0.300. The van der Waals surface area contributed by atoms with Crippen molar-refractivity contribution in [2.45, 2.75) is 6.92 Å². The Bertz CT molecular complexity index is 481. The summed E-state index contributed by atoms with van der Waals surface area (Å²) in [5.74, 6) is -3.27. The summed E-state index contributed by atoms with van der Waals surface area (Å²) in [6, 6.07) is 2.86. The smallest absolute Gasteiger partial charge is 0.331 e. The third-order valence-corrected chi connectivity index (χ3v) is 1.84. The van der Waals surface area contributed by atoms with Gasteiger partial charge in [-0.05, 0) is 13.0 Å². The molecule has 0 fully saturated rings. The maximum absolute atomic E-state index is 11.8. The van der Waals surface area contributed by atoms with Gasteiger partial charge in [0.15, 0.2) is 0 Å². The molecule has 2 N–H and O–H groups in total. The monoisotopic (exact) mass is 234 g/mol. The predicted molar refractivity (Wildman–Crippen MR) is 56.5 cm³/mol. The zero-order valence-electron chi connectivity index (χ0n) is 9.08. The van der Waals surface area contributed by atoms with Crippen LogP contribution in [0.4, 0.5) is 5.95 Å². The van der Waals surface area contributed by atoms with Gasteiger partial charge in [0.1, 0.15) is 5.69 Å². The summed E-state index contributed by atoms with van der Waals surface area (Å²) in [5.41, 5.74) is 5.21. The minimum Gasteiger partial charge on any atom is -0.465 e. The molecule has 7 nitrogen and oxygen atoms in total. The number of carbonyl (C=O) groups excluding carboxylic acids is 2. The van der Waals surface area contributed by atoms with Crippen molar-refractivity contribution >= 4 is 17.7 Å². The van der Waals surface area contributed by atoms with Crippen molar-refractivity contribution in [3.63, 3.8) is 0 Å². The Hall–Kier alpha value is -2.49. The van der Waals surface area contributed by atoms with Crippen LogP contribution in [0.25, 0.3) is 0 Å². The molecule has 0 bridgehead atoms. The second kappa shape index (κ2) is 5.55. The summed E-state index contributed by atoms with van der Waals surface area (Å²) in [6.45, 7) is 1.68. The SMILES string of the molecule is CCOC(=O)C(C#N)C(=O)c1ccnc(N)n1. The number of hydrogen-bond acceptors (Lipinski definition) is 7.